The number of rotatable bonds is 5. The molecule has 0 spiro atoms. The molecule has 0 saturated heterocycles. The Balaban J connectivity index is 2.69. The van der Waals surface area contributed by atoms with E-state index < -0.39 is 0 Å². The van der Waals surface area contributed by atoms with Gasteiger partial charge >= 0.3 is 0 Å². The maximum absolute atomic E-state index is 11.2. The van der Waals surface area contributed by atoms with Crippen LogP contribution in [0.15, 0.2) is 24.3 Å². The molecule has 2 N–H and O–H groups in total. The van der Waals surface area contributed by atoms with E-state index in [4.69, 9.17) is 17.3 Å². The molecule has 0 radical (unpaired) electrons. The highest BCUT2D eigenvalue weighted by Gasteiger charge is 2.18. The van der Waals surface area contributed by atoms with Crippen LogP contribution in [0.5, 0.6) is 0 Å². The quantitative estimate of drug-likeness (QED) is 0.856. The summed E-state index contributed by atoms with van der Waals surface area (Å²) >= 11 is 5.89. The van der Waals surface area contributed by atoms with Gasteiger partial charge in [-0.15, -0.1) is 0 Å². The highest BCUT2D eigenvalue weighted by molar-refractivity contribution is 6.30. The summed E-state index contributed by atoms with van der Waals surface area (Å²) in [5.41, 5.74) is 6.40. The molecule has 0 fully saturated rings. The predicted molar refractivity (Wildman–Crippen MR) is 66.2 cm³/mol. The Morgan fingerprint density at radius 1 is 1.56 bits per heavy atom. The molecule has 1 aromatic carbocycles. The van der Waals surface area contributed by atoms with Gasteiger partial charge in [0.25, 0.3) is 0 Å². The van der Waals surface area contributed by atoms with Crippen molar-refractivity contribution in [2.75, 3.05) is 7.05 Å². The molecule has 0 aliphatic rings. The molecule has 16 heavy (non-hydrogen) atoms. The third-order valence-corrected chi connectivity index (χ3v) is 2.80. The third-order valence-electron chi connectivity index (χ3n) is 2.57. The zero-order chi connectivity index (χ0) is 12.1. The van der Waals surface area contributed by atoms with E-state index in [1.807, 2.05) is 43.1 Å². The summed E-state index contributed by atoms with van der Waals surface area (Å²) in [7, 11) is 1.89. The van der Waals surface area contributed by atoms with E-state index in [1.54, 1.807) is 0 Å². The van der Waals surface area contributed by atoms with Gasteiger partial charge in [0.2, 0.25) is 5.91 Å². The molecule has 0 heterocycles. The number of nitrogens with two attached hydrogens (primary N) is 1. The zero-order valence-corrected chi connectivity index (χ0v) is 10.4. The maximum atomic E-state index is 11.2. The second-order valence-electron chi connectivity index (χ2n) is 3.87. The Labute approximate surface area is 101 Å². The number of hydrogen-bond donors (Lipinski definition) is 1. The van der Waals surface area contributed by atoms with Crippen molar-refractivity contribution in [2.45, 2.75) is 25.9 Å². The van der Waals surface area contributed by atoms with Gasteiger partial charge in [-0.1, -0.05) is 30.7 Å². The van der Waals surface area contributed by atoms with Crippen LogP contribution in [0.1, 0.15) is 18.9 Å². The Bertz CT molecular complexity index is 368. The lowest BCUT2D eigenvalue weighted by Crippen LogP contribution is -2.41. The summed E-state index contributed by atoms with van der Waals surface area (Å²) in [6, 6.07) is 7.38. The lowest BCUT2D eigenvalue weighted by atomic mass is 10.1. The first kappa shape index (κ1) is 13.0. The number of primary amides is 1. The molecule has 1 atom stereocenters. The molecule has 1 amide bonds. The lowest BCUT2D eigenvalue weighted by molar-refractivity contribution is -0.123. The van der Waals surface area contributed by atoms with Gasteiger partial charge in [-0.2, -0.15) is 0 Å². The largest absolute Gasteiger partial charge is 0.368 e. The molecule has 88 valence electrons. The molecule has 1 aromatic rings. The van der Waals surface area contributed by atoms with Crippen molar-refractivity contribution < 1.29 is 4.79 Å². The van der Waals surface area contributed by atoms with Crippen molar-refractivity contribution in [3.63, 3.8) is 0 Å². The van der Waals surface area contributed by atoms with E-state index in [1.165, 1.54) is 0 Å². The molecule has 0 saturated carbocycles. The van der Waals surface area contributed by atoms with E-state index in [2.05, 4.69) is 0 Å². The summed E-state index contributed by atoms with van der Waals surface area (Å²) in [4.78, 5) is 13.1. The van der Waals surface area contributed by atoms with Crippen LogP contribution in [0, 0.1) is 0 Å². The van der Waals surface area contributed by atoms with Gasteiger partial charge in [-0.05, 0) is 31.2 Å². The van der Waals surface area contributed by atoms with Crippen LogP contribution >= 0.6 is 11.6 Å². The van der Waals surface area contributed by atoms with E-state index >= 15 is 0 Å². The maximum Gasteiger partial charge on any atom is 0.234 e. The zero-order valence-electron chi connectivity index (χ0n) is 9.61. The summed E-state index contributed by atoms with van der Waals surface area (Å²) in [5, 5.41) is 0.707. The first-order chi connectivity index (χ1) is 7.54. The smallest absolute Gasteiger partial charge is 0.234 e. The van der Waals surface area contributed by atoms with Crippen molar-refractivity contribution in [2.24, 2.45) is 5.73 Å². The SMILES string of the molecule is CCC(C(N)=O)N(C)Cc1cccc(Cl)c1. The van der Waals surface area contributed by atoms with Crippen molar-refractivity contribution >= 4 is 17.5 Å². The fourth-order valence-electron chi connectivity index (χ4n) is 1.76. The Hall–Kier alpha value is -1.06. The number of hydrogen-bond acceptors (Lipinski definition) is 2. The van der Waals surface area contributed by atoms with E-state index in [0.29, 0.717) is 18.0 Å². The molecule has 1 rings (SSSR count). The second-order valence-corrected chi connectivity index (χ2v) is 4.31. The van der Waals surface area contributed by atoms with Crippen molar-refractivity contribution in [3.8, 4) is 0 Å². The number of benzene rings is 1. The van der Waals surface area contributed by atoms with Crippen molar-refractivity contribution in [1.29, 1.82) is 0 Å². The molecule has 4 heteroatoms. The van der Waals surface area contributed by atoms with Crippen molar-refractivity contribution in [1.82, 2.24) is 4.90 Å². The molecule has 1 unspecified atom stereocenters. The summed E-state index contributed by atoms with van der Waals surface area (Å²) < 4.78 is 0. The van der Waals surface area contributed by atoms with Crippen LogP contribution in [0.4, 0.5) is 0 Å². The fourth-order valence-corrected chi connectivity index (χ4v) is 1.98. The second kappa shape index (κ2) is 5.87. The Kier molecular flexibility index (Phi) is 4.77. The van der Waals surface area contributed by atoms with Gasteiger partial charge in [0.1, 0.15) is 0 Å². The molecule has 3 nitrogen and oxygen atoms in total. The van der Waals surface area contributed by atoms with Gasteiger partial charge in [-0.3, -0.25) is 9.69 Å². The molecular weight excluding hydrogens is 224 g/mol. The highest BCUT2D eigenvalue weighted by atomic mass is 35.5. The van der Waals surface area contributed by atoms with Gasteiger partial charge < -0.3 is 5.73 Å². The van der Waals surface area contributed by atoms with Gasteiger partial charge in [0.05, 0.1) is 6.04 Å². The Morgan fingerprint density at radius 3 is 2.75 bits per heavy atom. The van der Waals surface area contributed by atoms with Crippen molar-refractivity contribution in [3.05, 3.63) is 34.9 Å². The molecule has 0 aromatic heterocycles. The summed E-state index contributed by atoms with van der Waals surface area (Å²) in [6.07, 6.45) is 0.715. The average molecular weight is 241 g/mol. The molecular formula is C12H17ClN2O. The minimum Gasteiger partial charge on any atom is -0.368 e. The summed E-state index contributed by atoms with van der Waals surface area (Å²) in [6.45, 7) is 2.62. The minimum atomic E-state index is -0.285. The van der Waals surface area contributed by atoms with Crippen LogP contribution in [0.2, 0.25) is 5.02 Å². The van der Waals surface area contributed by atoms with Gasteiger partial charge in [0, 0.05) is 11.6 Å². The predicted octanol–water partition coefficient (Wildman–Crippen LogP) is 2.04. The van der Waals surface area contributed by atoms with Crippen LogP contribution in [0.25, 0.3) is 0 Å². The van der Waals surface area contributed by atoms with Crippen LogP contribution in [-0.4, -0.2) is 23.9 Å². The number of nitrogens with zero attached hydrogens (tertiary/aromatic N) is 1. The standard InChI is InChI=1S/C12H17ClN2O/c1-3-11(12(14)16)15(2)8-9-5-4-6-10(13)7-9/h4-7,11H,3,8H2,1-2H3,(H2,14,16). The number of likely N-dealkylation sites (N-methyl/N-ethyl adjacent to an activating group) is 1. The number of amides is 1. The molecule has 0 aliphatic carbocycles. The van der Waals surface area contributed by atoms with E-state index in [9.17, 15) is 4.79 Å². The third kappa shape index (κ3) is 3.51. The van der Waals surface area contributed by atoms with E-state index in [0.717, 1.165) is 5.56 Å². The number of halogens is 1. The van der Waals surface area contributed by atoms with Gasteiger partial charge in [-0.25, -0.2) is 0 Å². The van der Waals surface area contributed by atoms with E-state index in [-0.39, 0.29) is 11.9 Å². The van der Waals surface area contributed by atoms with Crippen LogP contribution in [-0.2, 0) is 11.3 Å². The van der Waals surface area contributed by atoms with Crippen LogP contribution < -0.4 is 5.73 Å². The molecule has 0 aliphatic heterocycles. The first-order valence-corrected chi connectivity index (χ1v) is 5.66. The summed E-state index contributed by atoms with van der Waals surface area (Å²) in [5.74, 6) is -0.285. The Morgan fingerprint density at radius 2 is 2.25 bits per heavy atom. The minimum absolute atomic E-state index is 0.223. The average Bonchev–Trinajstić information content (AvgIpc) is 2.17. The highest BCUT2D eigenvalue weighted by Crippen LogP contribution is 2.13. The molecule has 0 bridgehead atoms. The number of carbonyl (C=O) groups is 1. The lowest BCUT2D eigenvalue weighted by Gasteiger charge is -2.24. The monoisotopic (exact) mass is 240 g/mol. The fraction of sp³-hybridized carbons (Fsp3) is 0.417. The number of carbonyl (C=O) groups excluding carboxylic acids is 1. The normalized spacial score (nSPS) is 12.8. The van der Waals surface area contributed by atoms with Gasteiger partial charge in [0.15, 0.2) is 0 Å². The first-order valence-electron chi connectivity index (χ1n) is 5.28. The van der Waals surface area contributed by atoms with Crippen LogP contribution in [0.3, 0.4) is 0 Å². The topological polar surface area (TPSA) is 46.3 Å².